The van der Waals surface area contributed by atoms with E-state index in [1.807, 2.05) is 0 Å². The van der Waals surface area contributed by atoms with Gasteiger partial charge < -0.3 is 30.4 Å². The maximum atomic E-state index is 9.33. The van der Waals surface area contributed by atoms with E-state index in [1.165, 1.54) is 0 Å². The van der Waals surface area contributed by atoms with Crippen LogP contribution in [0.2, 0.25) is 0 Å². The summed E-state index contributed by atoms with van der Waals surface area (Å²) in [5.41, 5.74) is 0. The van der Waals surface area contributed by atoms with E-state index in [0.29, 0.717) is 0 Å². The van der Waals surface area contributed by atoms with Crippen molar-refractivity contribution >= 4 is 6.21 Å². The van der Waals surface area contributed by atoms with Crippen molar-refractivity contribution in [2.24, 2.45) is 5.16 Å². The first-order chi connectivity index (χ1) is 6.61. The van der Waals surface area contributed by atoms with Crippen LogP contribution in [0.4, 0.5) is 0 Å². The summed E-state index contributed by atoms with van der Waals surface area (Å²) in [5.74, 6) is 0. The first-order valence-electron chi connectivity index (χ1n) is 4.10. The smallest absolute Gasteiger partial charge is 0.125 e. The van der Waals surface area contributed by atoms with Crippen molar-refractivity contribution in [3.8, 4) is 0 Å². The van der Waals surface area contributed by atoms with Gasteiger partial charge in [0.25, 0.3) is 0 Å². The van der Waals surface area contributed by atoms with Crippen LogP contribution in [0.5, 0.6) is 0 Å². The van der Waals surface area contributed by atoms with Gasteiger partial charge in [0.1, 0.15) is 30.5 Å². The summed E-state index contributed by atoms with van der Waals surface area (Å²) < 4.78 is 4.95. The Morgan fingerprint density at radius 2 is 1.79 bits per heavy atom. The van der Waals surface area contributed by atoms with Crippen LogP contribution in [-0.2, 0) is 4.74 Å². The van der Waals surface area contributed by atoms with Crippen molar-refractivity contribution in [1.29, 1.82) is 0 Å². The molecule has 1 aliphatic rings. The molecule has 0 aromatic heterocycles. The van der Waals surface area contributed by atoms with Crippen molar-refractivity contribution < 1.29 is 30.4 Å². The van der Waals surface area contributed by atoms with Gasteiger partial charge in [0.2, 0.25) is 0 Å². The minimum atomic E-state index is -1.44. The van der Waals surface area contributed by atoms with E-state index in [0.717, 1.165) is 6.21 Å². The van der Waals surface area contributed by atoms with Crippen LogP contribution >= 0.6 is 0 Å². The first kappa shape index (κ1) is 11.3. The van der Waals surface area contributed by atoms with Gasteiger partial charge in [-0.2, -0.15) is 0 Å². The van der Waals surface area contributed by atoms with E-state index in [9.17, 15) is 15.3 Å². The lowest BCUT2D eigenvalue weighted by molar-refractivity contribution is -0.210. The van der Waals surface area contributed by atoms with Crippen LogP contribution in [-0.4, -0.2) is 69.0 Å². The van der Waals surface area contributed by atoms with E-state index >= 15 is 0 Å². The molecule has 0 bridgehead atoms. The molecule has 7 heteroatoms. The van der Waals surface area contributed by atoms with Gasteiger partial charge in [-0.1, -0.05) is 5.16 Å². The topological polar surface area (TPSA) is 123 Å². The number of rotatable bonds is 2. The number of ether oxygens (including phenoxy) is 1. The minimum Gasteiger partial charge on any atom is -0.411 e. The molecule has 0 radical (unpaired) electrons. The Hall–Kier alpha value is -0.730. The SMILES string of the molecule is OC[C@H]1OC(C=NO)[C@@H](O)[C@@H](O)[C@@H]1O. The molecule has 1 heterocycles. The molecular formula is C7H13NO6. The molecule has 7 nitrogen and oxygen atoms in total. The summed E-state index contributed by atoms with van der Waals surface area (Å²) in [6.07, 6.45) is -5.36. The molecule has 0 aromatic carbocycles. The zero-order valence-corrected chi connectivity index (χ0v) is 7.26. The highest BCUT2D eigenvalue weighted by molar-refractivity contribution is 5.63. The molecule has 0 spiro atoms. The molecule has 0 aliphatic carbocycles. The van der Waals surface area contributed by atoms with Gasteiger partial charge in [-0.15, -0.1) is 0 Å². The lowest BCUT2D eigenvalue weighted by Gasteiger charge is -2.38. The lowest BCUT2D eigenvalue weighted by Crippen LogP contribution is -2.58. The molecule has 14 heavy (non-hydrogen) atoms. The Kier molecular flexibility index (Phi) is 3.78. The second-order valence-corrected chi connectivity index (χ2v) is 3.06. The van der Waals surface area contributed by atoms with Crippen molar-refractivity contribution in [3.63, 3.8) is 0 Å². The third-order valence-corrected chi connectivity index (χ3v) is 2.14. The average Bonchev–Trinajstić information content (AvgIpc) is 2.19. The number of aliphatic hydroxyl groups is 4. The lowest BCUT2D eigenvalue weighted by atomic mass is 9.96. The van der Waals surface area contributed by atoms with Crippen LogP contribution in [0, 0.1) is 0 Å². The van der Waals surface area contributed by atoms with Gasteiger partial charge in [0.05, 0.1) is 12.8 Å². The van der Waals surface area contributed by atoms with Crippen LogP contribution < -0.4 is 0 Å². The zero-order chi connectivity index (χ0) is 10.7. The van der Waals surface area contributed by atoms with E-state index in [2.05, 4.69) is 5.16 Å². The average molecular weight is 207 g/mol. The number of aliphatic hydroxyl groups excluding tert-OH is 4. The van der Waals surface area contributed by atoms with Crippen molar-refractivity contribution in [2.45, 2.75) is 30.5 Å². The minimum absolute atomic E-state index is 0.499. The van der Waals surface area contributed by atoms with Gasteiger partial charge in [-0.05, 0) is 0 Å². The molecule has 5 atom stereocenters. The highest BCUT2D eigenvalue weighted by Gasteiger charge is 2.42. The van der Waals surface area contributed by atoms with Gasteiger partial charge in [-0.3, -0.25) is 0 Å². The Morgan fingerprint density at radius 3 is 2.29 bits per heavy atom. The van der Waals surface area contributed by atoms with Gasteiger partial charge in [0, 0.05) is 0 Å². The van der Waals surface area contributed by atoms with Gasteiger partial charge in [0.15, 0.2) is 0 Å². The predicted octanol–water partition coefficient (Wildman–Crippen LogP) is -2.71. The fourth-order valence-electron chi connectivity index (χ4n) is 1.32. The molecule has 1 rings (SSSR count). The summed E-state index contributed by atoms with van der Waals surface area (Å²) in [4.78, 5) is 0. The second kappa shape index (κ2) is 4.67. The maximum absolute atomic E-state index is 9.33. The summed E-state index contributed by atoms with van der Waals surface area (Å²) in [6.45, 7) is -0.499. The van der Waals surface area contributed by atoms with Gasteiger partial charge in [-0.25, -0.2) is 0 Å². The maximum Gasteiger partial charge on any atom is 0.125 e. The molecule has 5 N–H and O–H groups in total. The number of nitrogens with zero attached hydrogens (tertiary/aromatic N) is 1. The van der Waals surface area contributed by atoms with Crippen LogP contribution in [0.25, 0.3) is 0 Å². The molecular weight excluding hydrogens is 194 g/mol. The predicted molar refractivity (Wildman–Crippen MR) is 44.0 cm³/mol. The second-order valence-electron chi connectivity index (χ2n) is 3.06. The normalized spacial score (nSPS) is 44.4. The largest absolute Gasteiger partial charge is 0.411 e. The third kappa shape index (κ3) is 2.02. The van der Waals surface area contributed by atoms with Crippen LogP contribution in [0.15, 0.2) is 5.16 Å². The van der Waals surface area contributed by atoms with Gasteiger partial charge >= 0.3 is 0 Å². The summed E-state index contributed by atoms with van der Waals surface area (Å²) in [7, 11) is 0. The standard InChI is InChI=1S/C7H13NO6/c9-2-4-6(11)7(12)5(10)3(14-4)1-8-13/h1,3-7,9-13H,2H2/t3?,4-,5-,6-,7-/m1/s1. The fourth-order valence-corrected chi connectivity index (χ4v) is 1.32. The quantitative estimate of drug-likeness (QED) is 0.190. The third-order valence-electron chi connectivity index (χ3n) is 2.14. The molecule has 0 amide bonds. The number of hydrogen-bond acceptors (Lipinski definition) is 7. The van der Waals surface area contributed by atoms with E-state index in [-0.39, 0.29) is 0 Å². The fraction of sp³-hybridized carbons (Fsp3) is 0.857. The number of hydrogen-bond donors (Lipinski definition) is 5. The zero-order valence-electron chi connectivity index (χ0n) is 7.26. The summed E-state index contributed by atoms with van der Waals surface area (Å²) in [6, 6.07) is 0. The Bertz CT molecular complexity index is 208. The summed E-state index contributed by atoms with van der Waals surface area (Å²) >= 11 is 0. The molecule has 0 saturated carbocycles. The number of oxime groups is 1. The highest BCUT2D eigenvalue weighted by Crippen LogP contribution is 2.19. The molecule has 0 aromatic rings. The Labute approximate surface area is 79.9 Å². The molecule has 1 aliphatic heterocycles. The monoisotopic (exact) mass is 207 g/mol. The Balaban J connectivity index is 2.73. The van der Waals surface area contributed by atoms with Crippen molar-refractivity contribution in [2.75, 3.05) is 6.61 Å². The molecule has 1 saturated heterocycles. The summed E-state index contributed by atoms with van der Waals surface area (Å²) in [5, 5.41) is 47.6. The van der Waals surface area contributed by atoms with Crippen LogP contribution in [0.3, 0.4) is 0 Å². The molecule has 1 fully saturated rings. The van der Waals surface area contributed by atoms with Crippen molar-refractivity contribution in [1.82, 2.24) is 0 Å². The van der Waals surface area contributed by atoms with E-state index in [4.69, 9.17) is 15.1 Å². The Morgan fingerprint density at radius 1 is 1.14 bits per heavy atom. The first-order valence-corrected chi connectivity index (χ1v) is 4.10. The van der Waals surface area contributed by atoms with E-state index < -0.39 is 37.1 Å². The highest BCUT2D eigenvalue weighted by atomic mass is 16.5. The van der Waals surface area contributed by atoms with E-state index in [1.54, 1.807) is 0 Å². The molecule has 82 valence electrons. The molecule has 1 unspecified atom stereocenters. The van der Waals surface area contributed by atoms with Crippen LogP contribution in [0.1, 0.15) is 0 Å². The van der Waals surface area contributed by atoms with Crippen molar-refractivity contribution in [3.05, 3.63) is 0 Å².